The predicted molar refractivity (Wildman–Crippen MR) is 90.1 cm³/mol. The molecule has 7 heteroatoms. The van der Waals surface area contributed by atoms with Crippen LogP contribution in [0.15, 0.2) is 36.9 Å². The topological polar surface area (TPSA) is 81.1 Å². The smallest absolute Gasteiger partial charge is 0.251 e. The zero-order valence-electron chi connectivity index (χ0n) is 13.9. The van der Waals surface area contributed by atoms with E-state index in [1.165, 1.54) is 6.33 Å². The van der Waals surface area contributed by atoms with Crippen molar-refractivity contribution >= 4 is 5.91 Å². The van der Waals surface area contributed by atoms with Crippen LogP contribution in [0.3, 0.4) is 0 Å². The molecule has 128 valence electrons. The number of rotatable bonds is 6. The van der Waals surface area contributed by atoms with Crippen LogP contribution in [-0.4, -0.2) is 54.0 Å². The molecule has 1 saturated heterocycles. The van der Waals surface area contributed by atoms with Crippen LogP contribution in [0, 0.1) is 5.41 Å². The maximum Gasteiger partial charge on any atom is 0.251 e. The highest BCUT2D eigenvalue weighted by atomic mass is 16.5. The van der Waals surface area contributed by atoms with E-state index in [9.17, 15) is 4.79 Å². The average molecular weight is 329 g/mol. The van der Waals surface area contributed by atoms with Gasteiger partial charge in [-0.2, -0.15) is 5.10 Å². The molecule has 2 heterocycles. The van der Waals surface area contributed by atoms with Crippen molar-refractivity contribution in [3.8, 4) is 5.69 Å². The Hall–Kier alpha value is -2.25. The van der Waals surface area contributed by atoms with Gasteiger partial charge >= 0.3 is 0 Å². The Morgan fingerprint density at radius 3 is 2.96 bits per heavy atom. The molecule has 7 nitrogen and oxygen atoms in total. The second-order valence-corrected chi connectivity index (χ2v) is 6.26. The lowest BCUT2D eigenvalue weighted by Gasteiger charge is -2.37. The first kappa shape index (κ1) is 16.6. The van der Waals surface area contributed by atoms with E-state index in [0.717, 1.165) is 31.6 Å². The molecular formula is C17H23N5O2. The Balaban J connectivity index is 1.67. The molecule has 1 aliphatic heterocycles. The molecule has 1 aromatic carbocycles. The summed E-state index contributed by atoms with van der Waals surface area (Å²) in [6.07, 6.45) is 5.08. The van der Waals surface area contributed by atoms with Crippen molar-refractivity contribution in [2.24, 2.45) is 5.41 Å². The molecule has 0 spiro atoms. The molecular weight excluding hydrogens is 306 g/mol. The van der Waals surface area contributed by atoms with Crippen molar-refractivity contribution in [2.75, 3.05) is 33.4 Å². The van der Waals surface area contributed by atoms with Crippen molar-refractivity contribution in [3.05, 3.63) is 42.5 Å². The molecule has 24 heavy (non-hydrogen) atoms. The molecule has 0 unspecified atom stereocenters. The minimum Gasteiger partial charge on any atom is -0.384 e. The van der Waals surface area contributed by atoms with Crippen LogP contribution >= 0.6 is 0 Å². The van der Waals surface area contributed by atoms with Gasteiger partial charge in [0, 0.05) is 24.6 Å². The summed E-state index contributed by atoms with van der Waals surface area (Å²) in [5.74, 6) is -0.0778. The molecule has 1 fully saturated rings. The summed E-state index contributed by atoms with van der Waals surface area (Å²) in [6.45, 7) is 3.20. The molecule has 3 rings (SSSR count). The zero-order chi connectivity index (χ0) is 16.8. The number of hydrogen-bond acceptors (Lipinski definition) is 5. The summed E-state index contributed by atoms with van der Waals surface area (Å²) >= 11 is 0. The quantitative estimate of drug-likeness (QED) is 0.827. The van der Waals surface area contributed by atoms with Crippen LogP contribution in [0.5, 0.6) is 0 Å². The number of benzene rings is 1. The van der Waals surface area contributed by atoms with Crippen molar-refractivity contribution in [1.82, 2.24) is 25.4 Å². The maximum atomic E-state index is 12.5. The predicted octanol–water partition coefficient (Wildman–Crippen LogP) is 1.01. The van der Waals surface area contributed by atoms with Gasteiger partial charge in [-0.1, -0.05) is 6.07 Å². The van der Waals surface area contributed by atoms with Crippen molar-refractivity contribution in [1.29, 1.82) is 0 Å². The fourth-order valence-corrected chi connectivity index (χ4v) is 3.14. The van der Waals surface area contributed by atoms with E-state index in [1.54, 1.807) is 24.2 Å². The van der Waals surface area contributed by atoms with Crippen LogP contribution in [0.2, 0.25) is 0 Å². The first-order valence-electron chi connectivity index (χ1n) is 8.15. The Morgan fingerprint density at radius 2 is 2.25 bits per heavy atom. The molecule has 1 aromatic heterocycles. The monoisotopic (exact) mass is 329 g/mol. The number of amides is 1. The number of aromatic nitrogens is 3. The van der Waals surface area contributed by atoms with Gasteiger partial charge in [-0.25, -0.2) is 9.67 Å². The number of hydrogen-bond donors (Lipinski definition) is 2. The summed E-state index contributed by atoms with van der Waals surface area (Å²) in [7, 11) is 1.72. The van der Waals surface area contributed by atoms with Crippen LogP contribution in [0.25, 0.3) is 5.69 Å². The highest BCUT2D eigenvalue weighted by Crippen LogP contribution is 2.28. The van der Waals surface area contributed by atoms with Crippen LogP contribution < -0.4 is 10.6 Å². The van der Waals surface area contributed by atoms with Crippen molar-refractivity contribution in [2.45, 2.75) is 12.8 Å². The lowest BCUT2D eigenvalue weighted by molar-refractivity contribution is 0.0512. The molecule has 0 aliphatic carbocycles. The van der Waals surface area contributed by atoms with Crippen LogP contribution in [0.1, 0.15) is 23.2 Å². The van der Waals surface area contributed by atoms with E-state index in [-0.39, 0.29) is 11.3 Å². The fraction of sp³-hybridized carbons (Fsp3) is 0.471. The number of piperidine rings is 1. The lowest BCUT2D eigenvalue weighted by atomic mass is 9.79. The standard InChI is InChI=1S/C17H23N5O2/c1-24-11-17(5-7-18-8-6-17)10-20-16(23)14-3-2-4-15(9-14)22-13-19-12-21-22/h2-4,9,12-13,18H,5-8,10-11H2,1H3,(H,20,23). The third kappa shape index (κ3) is 3.80. The molecule has 0 bridgehead atoms. The summed E-state index contributed by atoms with van der Waals surface area (Å²) in [5.41, 5.74) is 1.44. The lowest BCUT2D eigenvalue weighted by Crippen LogP contribution is -2.47. The van der Waals surface area contributed by atoms with Gasteiger partial charge in [0.15, 0.2) is 0 Å². The van der Waals surface area contributed by atoms with E-state index in [2.05, 4.69) is 20.7 Å². The summed E-state index contributed by atoms with van der Waals surface area (Å²) in [6, 6.07) is 7.36. The highest BCUT2D eigenvalue weighted by Gasteiger charge is 2.32. The van der Waals surface area contributed by atoms with Crippen LogP contribution in [0.4, 0.5) is 0 Å². The van der Waals surface area contributed by atoms with Gasteiger partial charge in [0.25, 0.3) is 5.91 Å². The number of methoxy groups -OCH3 is 1. The van der Waals surface area contributed by atoms with Gasteiger partial charge in [-0.3, -0.25) is 4.79 Å². The van der Waals surface area contributed by atoms with Gasteiger partial charge in [0.2, 0.25) is 0 Å². The van der Waals surface area contributed by atoms with Gasteiger partial charge in [-0.05, 0) is 44.1 Å². The van der Waals surface area contributed by atoms with Crippen molar-refractivity contribution in [3.63, 3.8) is 0 Å². The van der Waals surface area contributed by atoms with E-state index < -0.39 is 0 Å². The highest BCUT2D eigenvalue weighted by molar-refractivity contribution is 5.94. The third-order valence-electron chi connectivity index (χ3n) is 4.53. The molecule has 2 N–H and O–H groups in total. The molecule has 2 aromatic rings. The normalized spacial score (nSPS) is 16.7. The maximum absolute atomic E-state index is 12.5. The minimum atomic E-state index is -0.0778. The molecule has 0 atom stereocenters. The number of nitrogens with one attached hydrogen (secondary N) is 2. The van der Waals surface area contributed by atoms with E-state index in [1.807, 2.05) is 18.2 Å². The van der Waals surface area contributed by atoms with Gasteiger partial charge in [0.1, 0.15) is 12.7 Å². The number of ether oxygens (including phenoxy) is 1. The third-order valence-corrected chi connectivity index (χ3v) is 4.53. The van der Waals surface area contributed by atoms with E-state index in [0.29, 0.717) is 18.7 Å². The first-order valence-corrected chi connectivity index (χ1v) is 8.15. The first-order chi connectivity index (χ1) is 11.7. The second-order valence-electron chi connectivity index (χ2n) is 6.26. The Kier molecular flexibility index (Phi) is 5.22. The largest absolute Gasteiger partial charge is 0.384 e. The summed E-state index contributed by atoms with van der Waals surface area (Å²) < 4.78 is 7.03. The van der Waals surface area contributed by atoms with Crippen LogP contribution in [-0.2, 0) is 4.74 Å². The number of nitrogens with zero attached hydrogens (tertiary/aromatic N) is 3. The number of carbonyl (C=O) groups excluding carboxylic acids is 1. The van der Waals surface area contributed by atoms with Gasteiger partial charge in [-0.15, -0.1) is 0 Å². The molecule has 0 radical (unpaired) electrons. The SMILES string of the molecule is COCC1(CNC(=O)c2cccc(-n3cncn3)c2)CCNCC1. The Labute approximate surface area is 141 Å². The van der Waals surface area contributed by atoms with E-state index in [4.69, 9.17) is 4.74 Å². The number of carbonyl (C=O) groups is 1. The Bertz CT molecular complexity index is 660. The molecule has 1 amide bonds. The average Bonchev–Trinajstić information content (AvgIpc) is 3.16. The minimum absolute atomic E-state index is 0.0131. The zero-order valence-corrected chi connectivity index (χ0v) is 13.9. The Morgan fingerprint density at radius 1 is 1.42 bits per heavy atom. The molecule has 1 aliphatic rings. The van der Waals surface area contributed by atoms with E-state index >= 15 is 0 Å². The van der Waals surface area contributed by atoms with Gasteiger partial charge < -0.3 is 15.4 Å². The van der Waals surface area contributed by atoms with Crippen molar-refractivity contribution < 1.29 is 9.53 Å². The molecule has 0 saturated carbocycles. The van der Waals surface area contributed by atoms with Gasteiger partial charge in [0.05, 0.1) is 12.3 Å². The second kappa shape index (κ2) is 7.55. The summed E-state index contributed by atoms with van der Waals surface area (Å²) in [5, 5.41) is 10.5. The fourth-order valence-electron chi connectivity index (χ4n) is 3.14. The summed E-state index contributed by atoms with van der Waals surface area (Å²) in [4.78, 5) is 16.5.